The Labute approximate surface area is 228 Å². The zero-order chi connectivity index (χ0) is 28.4. The van der Waals surface area contributed by atoms with Crippen LogP contribution in [0.25, 0.3) is 0 Å². The molecule has 4 atom stereocenters. The van der Waals surface area contributed by atoms with Crippen molar-refractivity contribution >= 4 is 11.8 Å². The molecule has 0 radical (unpaired) electrons. The molecule has 1 aliphatic carbocycles. The molecule has 0 fully saturated rings. The van der Waals surface area contributed by atoms with E-state index in [1.807, 2.05) is 0 Å². The molecule has 10 heteroatoms. The van der Waals surface area contributed by atoms with Crippen LogP contribution in [0.2, 0.25) is 0 Å². The molecule has 0 bridgehead atoms. The topological polar surface area (TPSA) is 99.1 Å². The van der Waals surface area contributed by atoms with Gasteiger partial charge < -0.3 is 25.2 Å². The van der Waals surface area contributed by atoms with Gasteiger partial charge in [0.2, 0.25) is 5.91 Å². The Kier molecular flexibility index (Phi) is 7.64. The maximum absolute atomic E-state index is 13.8. The van der Waals surface area contributed by atoms with Crippen molar-refractivity contribution in [1.29, 1.82) is 0 Å². The molecule has 1 aliphatic heterocycles. The number of nitrogens with zero attached hydrogens (tertiary/aromatic N) is 1. The predicted molar refractivity (Wildman–Crippen MR) is 139 cm³/mol. The van der Waals surface area contributed by atoms with Gasteiger partial charge in [-0.1, -0.05) is 48.5 Å². The first kappa shape index (κ1) is 27.4. The molecule has 7 nitrogen and oxygen atoms in total. The van der Waals surface area contributed by atoms with Gasteiger partial charge in [0, 0.05) is 29.8 Å². The smallest absolute Gasteiger partial charge is 0.416 e. The lowest BCUT2D eigenvalue weighted by atomic mass is 9.77. The van der Waals surface area contributed by atoms with Gasteiger partial charge in [0.1, 0.15) is 18.0 Å². The quantitative estimate of drug-likeness (QED) is 0.416. The molecular formula is C30H27F3N2O5. The molecule has 0 saturated heterocycles. The summed E-state index contributed by atoms with van der Waals surface area (Å²) < 4.78 is 45.5. The highest BCUT2D eigenvalue weighted by molar-refractivity contribution is 5.97. The average Bonchev–Trinajstić information content (AvgIpc) is 3.35. The van der Waals surface area contributed by atoms with Crippen molar-refractivity contribution in [3.05, 3.63) is 113 Å². The number of carbonyl (C=O) groups is 2. The maximum atomic E-state index is 13.8. The van der Waals surface area contributed by atoms with Gasteiger partial charge in [-0.25, -0.2) is 0 Å². The summed E-state index contributed by atoms with van der Waals surface area (Å²) >= 11 is 0. The Bertz CT molecular complexity index is 1410. The van der Waals surface area contributed by atoms with Crippen LogP contribution in [0.3, 0.4) is 0 Å². The standard InChI is InChI=1S/C30H27F3N2O5/c31-30(32,33)20-12-10-19(11-13-20)29(39)35(17-18-6-2-1-3-7-18)23-16-22(28(38)34-14-15-36)25-21-8-4-5-9-24(21)40-27(25)26(23)37/h1-13,16,23,25-27,36-37H,14-15,17H2,(H,34,38)/t23-,25+,26+,27+/m1/s1. The summed E-state index contributed by atoms with van der Waals surface area (Å²) in [6.07, 6.45) is -5.21. The van der Waals surface area contributed by atoms with Crippen molar-refractivity contribution in [3.8, 4) is 5.75 Å². The van der Waals surface area contributed by atoms with Gasteiger partial charge >= 0.3 is 6.18 Å². The van der Waals surface area contributed by atoms with E-state index in [4.69, 9.17) is 4.74 Å². The van der Waals surface area contributed by atoms with Crippen LogP contribution in [0.4, 0.5) is 13.2 Å². The van der Waals surface area contributed by atoms with Crippen molar-refractivity contribution in [2.24, 2.45) is 0 Å². The van der Waals surface area contributed by atoms with Gasteiger partial charge in [0.05, 0.1) is 24.1 Å². The Morgan fingerprint density at radius 1 is 0.950 bits per heavy atom. The molecule has 2 amide bonds. The van der Waals surface area contributed by atoms with Gasteiger partial charge in [-0.3, -0.25) is 9.59 Å². The first-order valence-corrected chi connectivity index (χ1v) is 12.8. The van der Waals surface area contributed by atoms with Crippen LogP contribution in [0.1, 0.15) is 33.0 Å². The fourth-order valence-electron chi connectivity index (χ4n) is 5.25. The zero-order valence-corrected chi connectivity index (χ0v) is 21.2. The number of ether oxygens (including phenoxy) is 1. The first-order chi connectivity index (χ1) is 19.2. The molecule has 3 N–H and O–H groups in total. The third kappa shape index (κ3) is 5.32. The SMILES string of the molecule is O=C(NCCO)C1=C[C@@H](N(Cc2ccccc2)C(=O)c2ccc(C(F)(F)F)cc2)[C@H](O)[C@H]2Oc3ccccc3[C@@H]12. The minimum atomic E-state index is -4.56. The number of halogens is 3. The van der Waals surface area contributed by atoms with Crippen molar-refractivity contribution < 1.29 is 37.7 Å². The summed E-state index contributed by atoms with van der Waals surface area (Å²) in [6.45, 7) is -0.269. The number of rotatable bonds is 7. The van der Waals surface area contributed by atoms with E-state index in [1.165, 1.54) is 11.0 Å². The van der Waals surface area contributed by atoms with E-state index in [9.17, 15) is 33.0 Å². The van der Waals surface area contributed by atoms with Gasteiger partial charge in [-0.15, -0.1) is 0 Å². The van der Waals surface area contributed by atoms with E-state index in [0.717, 1.165) is 24.3 Å². The summed E-state index contributed by atoms with van der Waals surface area (Å²) in [5.74, 6) is -1.23. The number of para-hydroxylation sites is 1. The van der Waals surface area contributed by atoms with Crippen LogP contribution in [0, 0.1) is 0 Å². The van der Waals surface area contributed by atoms with E-state index >= 15 is 0 Å². The lowest BCUT2D eigenvalue weighted by molar-refractivity contribution is -0.137. The van der Waals surface area contributed by atoms with Crippen molar-refractivity contribution in [1.82, 2.24) is 10.2 Å². The van der Waals surface area contributed by atoms with Crippen LogP contribution in [-0.2, 0) is 17.5 Å². The largest absolute Gasteiger partial charge is 0.486 e. The van der Waals surface area contributed by atoms with Crippen LogP contribution < -0.4 is 10.1 Å². The highest BCUT2D eigenvalue weighted by atomic mass is 19.4. The zero-order valence-electron chi connectivity index (χ0n) is 21.2. The minimum Gasteiger partial charge on any atom is -0.486 e. The van der Waals surface area contributed by atoms with E-state index in [2.05, 4.69) is 5.32 Å². The molecule has 0 aromatic heterocycles. The minimum absolute atomic E-state index is 0.00149. The lowest BCUT2D eigenvalue weighted by Gasteiger charge is -2.40. The molecule has 1 heterocycles. The van der Waals surface area contributed by atoms with E-state index in [-0.39, 0.29) is 30.8 Å². The van der Waals surface area contributed by atoms with Crippen molar-refractivity contribution in [3.63, 3.8) is 0 Å². The molecule has 40 heavy (non-hydrogen) atoms. The molecule has 208 valence electrons. The Balaban J connectivity index is 1.57. The maximum Gasteiger partial charge on any atom is 0.416 e. The van der Waals surface area contributed by atoms with Gasteiger partial charge in [0.25, 0.3) is 5.91 Å². The Morgan fingerprint density at radius 2 is 1.62 bits per heavy atom. The summed E-state index contributed by atoms with van der Waals surface area (Å²) in [6, 6.07) is 18.8. The van der Waals surface area contributed by atoms with Gasteiger partial charge in [0.15, 0.2) is 0 Å². The second kappa shape index (κ2) is 11.1. The predicted octanol–water partition coefficient (Wildman–Crippen LogP) is 3.67. The van der Waals surface area contributed by atoms with E-state index < -0.39 is 47.7 Å². The summed E-state index contributed by atoms with van der Waals surface area (Å²) in [5.41, 5.74) is 0.788. The van der Waals surface area contributed by atoms with Gasteiger partial charge in [-0.05, 0) is 42.0 Å². The van der Waals surface area contributed by atoms with Crippen LogP contribution in [0.15, 0.2) is 90.5 Å². The number of carbonyl (C=O) groups excluding carboxylic acids is 2. The van der Waals surface area contributed by atoms with Crippen LogP contribution in [0.5, 0.6) is 5.75 Å². The normalized spacial score (nSPS) is 21.5. The average molecular weight is 553 g/mol. The molecule has 0 unspecified atom stereocenters. The molecular weight excluding hydrogens is 525 g/mol. The summed E-state index contributed by atoms with van der Waals surface area (Å²) in [5, 5.41) is 23.5. The molecule has 5 rings (SSSR count). The monoisotopic (exact) mass is 552 g/mol. The lowest BCUT2D eigenvalue weighted by Crippen LogP contribution is -2.55. The summed E-state index contributed by atoms with van der Waals surface area (Å²) in [4.78, 5) is 28.5. The first-order valence-electron chi connectivity index (χ1n) is 12.8. The Morgan fingerprint density at radius 3 is 2.30 bits per heavy atom. The van der Waals surface area contributed by atoms with Gasteiger partial charge in [-0.2, -0.15) is 13.2 Å². The highest BCUT2D eigenvalue weighted by Gasteiger charge is 2.50. The fourth-order valence-corrected chi connectivity index (χ4v) is 5.25. The number of aliphatic hydroxyl groups excluding tert-OH is 2. The third-order valence-corrected chi connectivity index (χ3v) is 7.15. The second-order valence-corrected chi connectivity index (χ2v) is 9.67. The molecule has 0 saturated carbocycles. The number of fused-ring (bicyclic) bond motifs is 3. The highest BCUT2D eigenvalue weighted by Crippen LogP contribution is 2.47. The fraction of sp³-hybridized carbons (Fsp3) is 0.267. The second-order valence-electron chi connectivity index (χ2n) is 9.67. The van der Waals surface area contributed by atoms with E-state index in [0.29, 0.717) is 16.9 Å². The molecule has 3 aromatic rings. The number of alkyl halides is 3. The van der Waals surface area contributed by atoms with Crippen molar-refractivity contribution in [2.75, 3.05) is 13.2 Å². The number of hydrogen-bond acceptors (Lipinski definition) is 5. The Hall–Kier alpha value is -4.15. The number of amides is 2. The number of benzene rings is 3. The van der Waals surface area contributed by atoms with Crippen LogP contribution in [-0.4, -0.2) is 58.3 Å². The van der Waals surface area contributed by atoms with Crippen molar-refractivity contribution in [2.45, 2.75) is 36.9 Å². The number of hydrogen-bond donors (Lipinski definition) is 3. The van der Waals surface area contributed by atoms with Crippen LogP contribution >= 0.6 is 0 Å². The molecule has 2 aliphatic rings. The third-order valence-electron chi connectivity index (χ3n) is 7.15. The number of aliphatic hydroxyl groups is 2. The molecule has 0 spiro atoms. The molecule has 3 aromatic carbocycles. The number of nitrogens with one attached hydrogen (secondary N) is 1. The summed E-state index contributed by atoms with van der Waals surface area (Å²) in [7, 11) is 0. The van der Waals surface area contributed by atoms with E-state index in [1.54, 1.807) is 54.6 Å².